The van der Waals surface area contributed by atoms with Crippen LogP contribution in [0, 0.1) is 0 Å². The zero-order valence-corrected chi connectivity index (χ0v) is 14.2. The predicted octanol–water partition coefficient (Wildman–Crippen LogP) is 4.69. The number of carbonyl (C=O) groups excluding carboxylic acids is 1. The van der Waals surface area contributed by atoms with Gasteiger partial charge in [0.25, 0.3) is 0 Å². The van der Waals surface area contributed by atoms with Gasteiger partial charge < -0.3 is 5.32 Å². The molecule has 0 aliphatic rings. The maximum absolute atomic E-state index is 12.6. The van der Waals surface area contributed by atoms with E-state index in [0.29, 0.717) is 5.69 Å². The Morgan fingerprint density at radius 3 is 2.42 bits per heavy atom. The summed E-state index contributed by atoms with van der Waals surface area (Å²) in [6, 6.07) is 17.7. The quantitative estimate of drug-likeness (QED) is 0.702. The molecule has 4 nitrogen and oxygen atoms in total. The van der Waals surface area contributed by atoms with Crippen molar-refractivity contribution in [1.29, 1.82) is 0 Å². The van der Waals surface area contributed by atoms with Gasteiger partial charge in [-0.05, 0) is 30.3 Å². The number of nitrogens with one attached hydrogen (secondary N) is 1. The normalized spacial score (nSPS) is 11.3. The third kappa shape index (κ3) is 4.66. The number of nitrogens with zero attached hydrogens (tertiary/aromatic N) is 2. The van der Waals surface area contributed by atoms with Crippen molar-refractivity contribution in [2.45, 2.75) is 22.5 Å². The van der Waals surface area contributed by atoms with Gasteiger partial charge in [-0.1, -0.05) is 42.1 Å². The Hall–Kier alpha value is -2.74. The highest BCUT2D eigenvalue weighted by atomic mass is 32.2. The van der Waals surface area contributed by atoms with E-state index < -0.39 is 17.8 Å². The third-order valence-electron chi connectivity index (χ3n) is 3.37. The largest absolute Gasteiger partial charge is 0.435 e. The molecule has 1 N–H and O–H groups in total. The average molecular weight is 377 g/mol. The van der Waals surface area contributed by atoms with Crippen LogP contribution in [0.3, 0.4) is 0 Å². The molecule has 0 spiro atoms. The zero-order chi connectivity index (χ0) is 18.6. The van der Waals surface area contributed by atoms with E-state index in [0.717, 1.165) is 26.7 Å². The minimum Gasteiger partial charge on any atom is -0.323 e. The summed E-state index contributed by atoms with van der Waals surface area (Å²) in [6.07, 6.45) is -3.40. The number of amides is 1. The Morgan fingerprint density at radius 1 is 1.04 bits per heavy atom. The Labute approximate surface area is 152 Å². The van der Waals surface area contributed by atoms with Crippen LogP contribution in [0.15, 0.2) is 76.7 Å². The zero-order valence-electron chi connectivity index (χ0n) is 13.4. The van der Waals surface area contributed by atoms with Crippen LogP contribution in [-0.4, -0.2) is 15.7 Å². The van der Waals surface area contributed by atoms with Gasteiger partial charge in [-0.15, -0.1) is 0 Å². The van der Waals surface area contributed by atoms with Crippen molar-refractivity contribution in [2.75, 3.05) is 5.32 Å². The average Bonchev–Trinajstić information content (AvgIpc) is 3.06. The molecule has 2 aromatic carbocycles. The number of carbonyl (C=O) groups is 1. The number of alkyl halides is 3. The topological polar surface area (TPSA) is 46.9 Å². The van der Waals surface area contributed by atoms with E-state index in [-0.39, 0.29) is 6.54 Å². The number of halogens is 3. The van der Waals surface area contributed by atoms with Crippen LogP contribution in [0.25, 0.3) is 0 Å². The van der Waals surface area contributed by atoms with Crippen LogP contribution in [0.4, 0.5) is 18.9 Å². The van der Waals surface area contributed by atoms with Crippen LogP contribution in [0.1, 0.15) is 5.69 Å². The third-order valence-corrected chi connectivity index (χ3v) is 4.45. The Kier molecular flexibility index (Phi) is 5.32. The van der Waals surface area contributed by atoms with Gasteiger partial charge in [0.05, 0.1) is 5.69 Å². The molecular weight excluding hydrogens is 363 g/mol. The lowest BCUT2D eigenvalue weighted by Gasteiger charge is -2.11. The molecule has 0 saturated carbocycles. The smallest absolute Gasteiger partial charge is 0.323 e. The summed E-state index contributed by atoms with van der Waals surface area (Å²) < 4.78 is 38.7. The number of hydrogen-bond donors (Lipinski definition) is 1. The Morgan fingerprint density at radius 2 is 1.73 bits per heavy atom. The summed E-state index contributed by atoms with van der Waals surface area (Å²) in [6.45, 7) is -0.305. The first kappa shape index (κ1) is 18.1. The summed E-state index contributed by atoms with van der Waals surface area (Å²) in [7, 11) is 0. The van der Waals surface area contributed by atoms with Gasteiger partial charge >= 0.3 is 6.18 Å². The van der Waals surface area contributed by atoms with Gasteiger partial charge in [-0.2, -0.15) is 18.3 Å². The molecule has 0 atom stereocenters. The molecule has 0 saturated heterocycles. The van der Waals surface area contributed by atoms with Crippen LogP contribution in [0.5, 0.6) is 0 Å². The van der Waals surface area contributed by atoms with Crippen LogP contribution < -0.4 is 5.32 Å². The number of rotatable bonds is 5. The fourth-order valence-electron chi connectivity index (χ4n) is 2.21. The van der Waals surface area contributed by atoms with Gasteiger partial charge in [0, 0.05) is 16.0 Å². The number of para-hydroxylation sites is 1. The molecule has 1 heterocycles. The second-order valence-corrected chi connectivity index (χ2v) is 6.47. The van der Waals surface area contributed by atoms with E-state index in [4.69, 9.17) is 0 Å². The van der Waals surface area contributed by atoms with Crippen molar-refractivity contribution in [3.8, 4) is 0 Å². The maximum atomic E-state index is 12.6. The molecule has 0 unspecified atom stereocenters. The summed E-state index contributed by atoms with van der Waals surface area (Å²) in [5.41, 5.74) is -0.431. The van der Waals surface area contributed by atoms with Crippen LogP contribution in [0.2, 0.25) is 0 Å². The molecule has 3 rings (SSSR count). The lowest BCUT2D eigenvalue weighted by atomic mass is 10.3. The minimum absolute atomic E-state index is 0.305. The molecule has 0 aliphatic heterocycles. The highest BCUT2D eigenvalue weighted by Crippen LogP contribution is 2.33. The van der Waals surface area contributed by atoms with Gasteiger partial charge in [0.15, 0.2) is 5.69 Å². The van der Waals surface area contributed by atoms with E-state index in [2.05, 4.69) is 10.4 Å². The molecule has 134 valence electrons. The SMILES string of the molecule is O=C(Cn1ccc(C(F)(F)F)n1)Nc1ccccc1Sc1ccccc1. The number of anilines is 1. The summed E-state index contributed by atoms with van der Waals surface area (Å²) in [5.74, 6) is -0.456. The number of aromatic nitrogens is 2. The van der Waals surface area contributed by atoms with Crippen molar-refractivity contribution in [3.63, 3.8) is 0 Å². The molecule has 0 aliphatic carbocycles. The first-order chi connectivity index (χ1) is 12.4. The van der Waals surface area contributed by atoms with Crippen molar-refractivity contribution < 1.29 is 18.0 Å². The Balaban J connectivity index is 1.69. The van der Waals surface area contributed by atoms with E-state index >= 15 is 0 Å². The summed E-state index contributed by atoms with van der Waals surface area (Å²) in [5, 5.41) is 6.10. The molecule has 1 aromatic heterocycles. The maximum Gasteiger partial charge on any atom is 0.435 e. The second kappa shape index (κ2) is 7.65. The van der Waals surface area contributed by atoms with Crippen LogP contribution in [-0.2, 0) is 17.5 Å². The summed E-state index contributed by atoms with van der Waals surface area (Å²) in [4.78, 5) is 14.0. The van der Waals surface area contributed by atoms with Gasteiger partial charge in [-0.3, -0.25) is 9.48 Å². The number of benzene rings is 2. The second-order valence-electron chi connectivity index (χ2n) is 5.36. The fraction of sp³-hybridized carbons (Fsp3) is 0.111. The standard InChI is InChI=1S/C18H14F3N3OS/c19-18(20,21)16-10-11-24(23-16)12-17(25)22-14-8-4-5-9-15(14)26-13-6-2-1-3-7-13/h1-11H,12H2,(H,22,25). The molecule has 1 amide bonds. The van der Waals surface area contributed by atoms with E-state index in [1.54, 1.807) is 12.1 Å². The minimum atomic E-state index is -4.53. The lowest BCUT2D eigenvalue weighted by molar-refractivity contribution is -0.141. The first-order valence-corrected chi connectivity index (χ1v) is 8.46. The number of hydrogen-bond acceptors (Lipinski definition) is 3. The summed E-state index contributed by atoms with van der Waals surface area (Å²) >= 11 is 1.48. The van der Waals surface area contributed by atoms with E-state index in [9.17, 15) is 18.0 Å². The molecule has 0 fully saturated rings. The van der Waals surface area contributed by atoms with Gasteiger partial charge in [0.1, 0.15) is 6.54 Å². The first-order valence-electron chi connectivity index (χ1n) is 7.64. The molecule has 3 aromatic rings. The molecule has 8 heteroatoms. The Bertz CT molecular complexity index is 894. The van der Waals surface area contributed by atoms with Gasteiger partial charge in [-0.25, -0.2) is 0 Å². The molecule has 26 heavy (non-hydrogen) atoms. The van der Waals surface area contributed by atoms with Crippen molar-refractivity contribution in [3.05, 3.63) is 72.6 Å². The van der Waals surface area contributed by atoms with Crippen molar-refractivity contribution in [1.82, 2.24) is 9.78 Å². The van der Waals surface area contributed by atoms with Crippen molar-refractivity contribution >= 4 is 23.4 Å². The van der Waals surface area contributed by atoms with Gasteiger partial charge in [0.2, 0.25) is 5.91 Å². The highest BCUT2D eigenvalue weighted by Gasteiger charge is 2.33. The fourth-order valence-corrected chi connectivity index (χ4v) is 3.14. The van der Waals surface area contributed by atoms with Crippen molar-refractivity contribution in [2.24, 2.45) is 0 Å². The lowest BCUT2D eigenvalue weighted by Crippen LogP contribution is -2.20. The molecular formula is C18H14F3N3OS. The predicted molar refractivity (Wildman–Crippen MR) is 92.9 cm³/mol. The van der Waals surface area contributed by atoms with Crippen LogP contribution >= 0.6 is 11.8 Å². The monoisotopic (exact) mass is 377 g/mol. The van der Waals surface area contributed by atoms with E-state index in [1.807, 2.05) is 42.5 Å². The molecule has 0 bridgehead atoms. The molecule has 0 radical (unpaired) electrons. The van der Waals surface area contributed by atoms with E-state index in [1.165, 1.54) is 11.8 Å². The highest BCUT2D eigenvalue weighted by molar-refractivity contribution is 7.99.